The van der Waals surface area contributed by atoms with Crippen molar-refractivity contribution in [1.82, 2.24) is 15.2 Å². The Morgan fingerprint density at radius 3 is 2.70 bits per heavy atom. The van der Waals surface area contributed by atoms with Crippen LogP contribution in [-0.2, 0) is 11.2 Å². The van der Waals surface area contributed by atoms with Crippen LogP contribution >= 0.6 is 11.3 Å². The summed E-state index contributed by atoms with van der Waals surface area (Å²) in [4.78, 5) is 16.8. The van der Waals surface area contributed by atoms with Gasteiger partial charge in [0.2, 0.25) is 18.2 Å². The van der Waals surface area contributed by atoms with Gasteiger partial charge in [0.05, 0.1) is 17.1 Å². The molecule has 2 heterocycles. The maximum Gasteiger partial charge on any atom is 0.247 e. The van der Waals surface area contributed by atoms with Gasteiger partial charge in [-0.2, -0.15) is 0 Å². The quantitative estimate of drug-likeness (QED) is 0.560. The van der Waals surface area contributed by atoms with Crippen molar-refractivity contribution < 1.29 is 9.21 Å². The number of rotatable bonds is 5. The van der Waals surface area contributed by atoms with Gasteiger partial charge >= 0.3 is 0 Å². The Labute approximate surface area is 159 Å². The molecule has 0 unspecified atom stereocenters. The summed E-state index contributed by atoms with van der Waals surface area (Å²) in [5.41, 5.74) is 4.40. The van der Waals surface area contributed by atoms with E-state index in [0.29, 0.717) is 18.0 Å². The number of nitrogens with zero attached hydrogens (tertiary/aromatic N) is 3. The summed E-state index contributed by atoms with van der Waals surface area (Å²) in [5, 5.41) is 13.5. The Kier molecular flexibility index (Phi) is 4.76. The molecule has 1 amide bonds. The van der Waals surface area contributed by atoms with E-state index in [1.54, 1.807) is 17.4 Å². The van der Waals surface area contributed by atoms with Crippen LogP contribution in [-0.4, -0.2) is 21.1 Å². The van der Waals surface area contributed by atoms with E-state index in [0.717, 1.165) is 27.4 Å². The first-order valence-corrected chi connectivity index (χ1v) is 9.23. The van der Waals surface area contributed by atoms with Gasteiger partial charge in [-0.05, 0) is 30.7 Å². The van der Waals surface area contributed by atoms with Crippen molar-refractivity contribution >= 4 is 22.9 Å². The molecule has 7 heteroatoms. The summed E-state index contributed by atoms with van der Waals surface area (Å²) in [7, 11) is 0. The number of amides is 1. The average Bonchev–Trinajstić information content (AvgIpc) is 3.34. The smallest absolute Gasteiger partial charge is 0.247 e. The molecule has 4 rings (SSSR count). The minimum absolute atomic E-state index is 0.0880. The highest BCUT2D eigenvalue weighted by atomic mass is 32.1. The Morgan fingerprint density at radius 2 is 2.00 bits per heavy atom. The minimum Gasteiger partial charge on any atom is -0.423 e. The first-order valence-electron chi connectivity index (χ1n) is 8.35. The zero-order valence-corrected chi connectivity index (χ0v) is 15.4. The van der Waals surface area contributed by atoms with Crippen molar-refractivity contribution in [3.63, 3.8) is 0 Å². The Hall–Kier alpha value is -3.32. The topological polar surface area (TPSA) is 80.9 Å². The molecule has 6 nitrogen and oxygen atoms in total. The third-order valence-electron chi connectivity index (χ3n) is 3.99. The highest BCUT2D eigenvalue weighted by Crippen LogP contribution is 2.23. The number of aromatic nitrogens is 3. The highest BCUT2D eigenvalue weighted by molar-refractivity contribution is 7.09. The van der Waals surface area contributed by atoms with Crippen molar-refractivity contribution in [3.8, 4) is 22.7 Å². The lowest BCUT2D eigenvalue weighted by atomic mass is 10.1. The van der Waals surface area contributed by atoms with E-state index in [4.69, 9.17) is 4.42 Å². The molecule has 4 aromatic rings. The third-order valence-corrected chi connectivity index (χ3v) is 4.76. The summed E-state index contributed by atoms with van der Waals surface area (Å²) in [6.45, 7) is 1.99. The van der Waals surface area contributed by atoms with Gasteiger partial charge in [0.1, 0.15) is 0 Å². The van der Waals surface area contributed by atoms with Crippen LogP contribution in [0.15, 0.2) is 64.7 Å². The lowest BCUT2D eigenvalue weighted by Gasteiger charge is -2.07. The molecule has 2 aromatic heterocycles. The molecule has 0 aliphatic carbocycles. The minimum atomic E-state index is -0.0880. The van der Waals surface area contributed by atoms with E-state index in [1.165, 1.54) is 6.39 Å². The normalized spacial score (nSPS) is 10.7. The van der Waals surface area contributed by atoms with E-state index in [2.05, 4.69) is 20.5 Å². The molecule has 0 radical (unpaired) electrons. The van der Waals surface area contributed by atoms with E-state index < -0.39 is 0 Å². The van der Waals surface area contributed by atoms with Crippen LogP contribution in [0.1, 0.15) is 10.6 Å². The Morgan fingerprint density at radius 1 is 1.15 bits per heavy atom. The lowest BCUT2D eigenvalue weighted by molar-refractivity contribution is -0.115. The van der Waals surface area contributed by atoms with Gasteiger partial charge in [-0.3, -0.25) is 4.79 Å². The first-order chi connectivity index (χ1) is 13.2. The first kappa shape index (κ1) is 17.1. The van der Waals surface area contributed by atoms with E-state index in [9.17, 15) is 4.79 Å². The van der Waals surface area contributed by atoms with Crippen LogP contribution in [0, 0.1) is 6.92 Å². The van der Waals surface area contributed by atoms with E-state index >= 15 is 0 Å². The van der Waals surface area contributed by atoms with E-state index in [1.807, 2.05) is 54.8 Å². The third kappa shape index (κ3) is 4.09. The molecule has 0 aliphatic rings. The molecule has 0 spiro atoms. The largest absolute Gasteiger partial charge is 0.423 e. The molecule has 27 heavy (non-hydrogen) atoms. The fourth-order valence-corrected chi connectivity index (χ4v) is 3.33. The fourth-order valence-electron chi connectivity index (χ4n) is 2.71. The second-order valence-corrected chi connectivity index (χ2v) is 7.06. The fraction of sp³-hybridized carbons (Fsp3) is 0.100. The maximum absolute atomic E-state index is 12.4. The standard InChI is InChI=1S/C20H16N4O2S/c1-13-22-18(11-27-13)15-7-5-14(6-8-15)9-19(25)23-17-4-2-3-16(10-17)20-24-21-12-26-20/h2-8,10-12H,9H2,1H3,(H,23,25). The van der Waals surface area contributed by atoms with Crippen LogP contribution < -0.4 is 5.32 Å². The zero-order valence-electron chi connectivity index (χ0n) is 14.5. The predicted molar refractivity (Wildman–Crippen MR) is 104 cm³/mol. The van der Waals surface area contributed by atoms with Crippen LogP contribution in [0.4, 0.5) is 5.69 Å². The number of thiazole rings is 1. The number of aryl methyl sites for hydroxylation is 1. The van der Waals surface area contributed by atoms with Gasteiger partial charge in [0.25, 0.3) is 0 Å². The maximum atomic E-state index is 12.4. The number of carbonyl (C=O) groups is 1. The van der Waals surface area contributed by atoms with Gasteiger partial charge < -0.3 is 9.73 Å². The van der Waals surface area contributed by atoms with E-state index in [-0.39, 0.29) is 5.91 Å². The molecule has 0 saturated heterocycles. The lowest BCUT2D eigenvalue weighted by Crippen LogP contribution is -2.14. The number of nitrogens with one attached hydrogen (secondary N) is 1. The van der Waals surface area contributed by atoms with Crippen molar-refractivity contribution in [1.29, 1.82) is 0 Å². The molecule has 0 saturated carbocycles. The highest BCUT2D eigenvalue weighted by Gasteiger charge is 2.08. The van der Waals surface area contributed by atoms with Gasteiger partial charge in [-0.1, -0.05) is 30.3 Å². The number of hydrogen-bond donors (Lipinski definition) is 1. The molecule has 0 atom stereocenters. The Bertz CT molecular complexity index is 1060. The molecular formula is C20H16N4O2S. The van der Waals surface area contributed by atoms with Gasteiger partial charge in [0, 0.05) is 22.2 Å². The summed E-state index contributed by atoms with van der Waals surface area (Å²) >= 11 is 1.63. The average molecular weight is 376 g/mol. The molecule has 0 fully saturated rings. The van der Waals surface area contributed by atoms with Crippen LogP contribution in [0.25, 0.3) is 22.7 Å². The van der Waals surface area contributed by atoms with Crippen LogP contribution in [0.2, 0.25) is 0 Å². The summed E-state index contributed by atoms with van der Waals surface area (Å²) < 4.78 is 5.19. The van der Waals surface area contributed by atoms with Gasteiger partial charge in [-0.25, -0.2) is 4.98 Å². The van der Waals surface area contributed by atoms with Crippen LogP contribution in [0.5, 0.6) is 0 Å². The molecule has 0 aliphatic heterocycles. The molecule has 2 aromatic carbocycles. The summed E-state index contributed by atoms with van der Waals surface area (Å²) in [6.07, 6.45) is 1.57. The zero-order chi connectivity index (χ0) is 18.6. The summed E-state index contributed by atoms with van der Waals surface area (Å²) in [6, 6.07) is 15.2. The number of carbonyl (C=O) groups excluding carboxylic acids is 1. The Balaban J connectivity index is 1.41. The number of benzene rings is 2. The monoisotopic (exact) mass is 376 g/mol. The molecule has 1 N–H and O–H groups in total. The van der Waals surface area contributed by atoms with Crippen molar-refractivity contribution in [2.24, 2.45) is 0 Å². The second-order valence-electron chi connectivity index (χ2n) is 6.00. The van der Waals surface area contributed by atoms with Gasteiger partial charge in [0.15, 0.2) is 0 Å². The summed E-state index contributed by atoms with van der Waals surface area (Å²) in [5.74, 6) is 0.328. The molecule has 0 bridgehead atoms. The van der Waals surface area contributed by atoms with Gasteiger partial charge in [-0.15, -0.1) is 21.5 Å². The molecular weight excluding hydrogens is 360 g/mol. The van der Waals surface area contributed by atoms with Crippen molar-refractivity contribution in [3.05, 3.63) is 70.9 Å². The second kappa shape index (κ2) is 7.51. The number of anilines is 1. The number of hydrogen-bond acceptors (Lipinski definition) is 6. The SMILES string of the molecule is Cc1nc(-c2ccc(CC(=O)Nc3cccc(-c4nnco4)c3)cc2)cs1. The van der Waals surface area contributed by atoms with Crippen molar-refractivity contribution in [2.75, 3.05) is 5.32 Å². The molecule has 134 valence electrons. The van der Waals surface area contributed by atoms with Crippen LogP contribution in [0.3, 0.4) is 0 Å². The predicted octanol–water partition coefficient (Wildman–Crippen LogP) is 4.35. The van der Waals surface area contributed by atoms with Crippen molar-refractivity contribution in [2.45, 2.75) is 13.3 Å².